The number of aromatic amines is 1. The van der Waals surface area contributed by atoms with Gasteiger partial charge in [-0.05, 0) is 49.7 Å². The maximum atomic E-state index is 12.4. The van der Waals surface area contributed by atoms with E-state index in [4.69, 9.17) is 0 Å². The lowest BCUT2D eigenvalue weighted by molar-refractivity contribution is -0.116. The molecule has 1 amide bonds. The zero-order valence-corrected chi connectivity index (χ0v) is 14.7. The third kappa shape index (κ3) is 4.22. The lowest BCUT2D eigenvalue weighted by Crippen LogP contribution is -2.14. The molecule has 0 fully saturated rings. The Balaban J connectivity index is 1.55. The smallest absolute Gasteiger partial charge is 0.224 e. The van der Waals surface area contributed by atoms with E-state index in [2.05, 4.69) is 20.5 Å². The summed E-state index contributed by atoms with van der Waals surface area (Å²) < 4.78 is 0. The minimum absolute atomic E-state index is 0.0120. The number of carbonyl (C=O) groups excluding carboxylic acids is 2. The Morgan fingerprint density at radius 3 is 2.50 bits per heavy atom. The molecule has 6 nitrogen and oxygen atoms in total. The van der Waals surface area contributed by atoms with Gasteiger partial charge in [-0.1, -0.05) is 17.7 Å². The van der Waals surface area contributed by atoms with Crippen molar-refractivity contribution in [3.63, 3.8) is 0 Å². The first kappa shape index (κ1) is 17.5. The molecule has 0 spiro atoms. The van der Waals surface area contributed by atoms with E-state index in [1.54, 1.807) is 12.1 Å². The molecule has 26 heavy (non-hydrogen) atoms. The Bertz CT molecular complexity index is 915. The van der Waals surface area contributed by atoms with Crippen LogP contribution in [0.15, 0.2) is 48.8 Å². The molecule has 2 N–H and O–H groups in total. The molecule has 0 saturated carbocycles. The molecule has 0 aliphatic rings. The molecule has 132 valence electrons. The second-order valence-electron chi connectivity index (χ2n) is 6.20. The van der Waals surface area contributed by atoms with Crippen LogP contribution in [0.2, 0.25) is 0 Å². The van der Waals surface area contributed by atoms with E-state index in [9.17, 15) is 9.59 Å². The van der Waals surface area contributed by atoms with Gasteiger partial charge in [0, 0.05) is 29.7 Å². The Morgan fingerprint density at radius 2 is 1.81 bits per heavy atom. The average Bonchev–Trinajstić information content (AvgIpc) is 3.17. The number of rotatable bonds is 6. The number of Topliss-reactive ketones (excluding diaryl/α,β-unsaturated/α-hetero) is 1. The maximum Gasteiger partial charge on any atom is 0.224 e. The fourth-order valence-electron chi connectivity index (χ4n) is 2.68. The summed E-state index contributed by atoms with van der Waals surface area (Å²) >= 11 is 0. The normalized spacial score (nSPS) is 10.5. The van der Waals surface area contributed by atoms with E-state index in [1.807, 2.05) is 44.2 Å². The van der Waals surface area contributed by atoms with Crippen molar-refractivity contribution < 1.29 is 9.59 Å². The summed E-state index contributed by atoms with van der Waals surface area (Å²) in [5, 5.41) is 9.40. The predicted octanol–water partition coefficient (Wildman–Crippen LogP) is 3.69. The summed E-state index contributed by atoms with van der Waals surface area (Å²) in [6.45, 7) is 3.86. The molecule has 1 aromatic heterocycles. The highest BCUT2D eigenvalue weighted by Gasteiger charge is 2.12. The summed E-state index contributed by atoms with van der Waals surface area (Å²) in [7, 11) is 0. The van der Waals surface area contributed by atoms with Gasteiger partial charge in [-0.2, -0.15) is 5.10 Å². The lowest BCUT2D eigenvalue weighted by Gasteiger charge is -2.08. The van der Waals surface area contributed by atoms with Gasteiger partial charge < -0.3 is 5.32 Å². The molecule has 6 heteroatoms. The molecule has 2 aromatic carbocycles. The number of H-pyrrole nitrogens is 1. The monoisotopic (exact) mass is 348 g/mol. The third-order valence-corrected chi connectivity index (χ3v) is 4.13. The maximum absolute atomic E-state index is 12.4. The van der Waals surface area contributed by atoms with Gasteiger partial charge in [-0.3, -0.25) is 14.7 Å². The molecule has 3 rings (SSSR count). The predicted molar refractivity (Wildman–Crippen MR) is 99.9 cm³/mol. The van der Waals surface area contributed by atoms with Gasteiger partial charge in [0.05, 0.1) is 0 Å². The molecule has 3 aromatic rings. The molecule has 0 bridgehead atoms. The highest BCUT2D eigenvalue weighted by Crippen LogP contribution is 2.18. The quantitative estimate of drug-likeness (QED) is 0.665. The van der Waals surface area contributed by atoms with Crippen molar-refractivity contribution in [2.24, 2.45) is 0 Å². The first-order valence-electron chi connectivity index (χ1n) is 8.39. The Hall–Kier alpha value is -3.28. The molecule has 1 heterocycles. The number of nitrogens with zero attached hydrogens (tertiary/aromatic N) is 2. The summed E-state index contributed by atoms with van der Waals surface area (Å²) in [5.74, 6) is 0.472. The van der Waals surface area contributed by atoms with Gasteiger partial charge >= 0.3 is 0 Å². The number of hydrogen-bond acceptors (Lipinski definition) is 4. The highest BCUT2D eigenvalue weighted by atomic mass is 16.2. The lowest BCUT2D eigenvalue weighted by atomic mass is 9.99. The molecular weight excluding hydrogens is 328 g/mol. The molecule has 0 aliphatic heterocycles. The largest absolute Gasteiger partial charge is 0.326 e. The number of benzene rings is 2. The van der Waals surface area contributed by atoms with Crippen LogP contribution in [0.4, 0.5) is 5.69 Å². The Morgan fingerprint density at radius 1 is 1.04 bits per heavy atom. The minimum Gasteiger partial charge on any atom is -0.326 e. The summed E-state index contributed by atoms with van der Waals surface area (Å²) in [4.78, 5) is 28.6. The number of nitrogens with one attached hydrogen (secondary N) is 2. The number of hydrogen-bond donors (Lipinski definition) is 2. The zero-order chi connectivity index (χ0) is 18.5. The first-order valence-corrected chi connectivity index (χ1v) is 8.39. The van der Waals surface area contributed by atoms with E-state index in [0.29, 0.717) is 17.1 Å². The molecule has 0 unspecified atom stereocenters. The van der Waals surface area contributed by atoms with Crippen LogP contribution in [0.25, 0.3) is 11.4 Å². The van der Waals surface area contributed by atoms with E-state index >= 15 is 0 Å². The van der Waals surface area contributed by atoms with Crippen LogP contribution in [0.5, 0.6) is 0 Å². The van der Waals surface area contributed by atoms with Crippen molar-refractivity contribution in [2.45, 2.75) is 26.7 Å². The van der Waals surface area contributed by atoms with E-state index < -0.39 is 0 Å². The van der Waals surface area contributed by atoms with E-state index in [-0.39, 0.29) is 24.5 Å². The van der Waals surface area contributed by atoms with E-state index in [0.717, 1.165) is 16.7 Å². The molecular formula is C20H20N4O2. The van der Waals surface area contributed by atoms with Gasteiger partial charge in [0.25, 0.3) is 0 Å². The molecule has 0 aliphatic carbocycles. The van der Waals surface area contributed by atoms with Gasteiger partial charge in [-0.15, -0.1) is 0 Å². The van der Waals surface area contributed by atoms with Crippen LogP contribution in [-0.4, -0.2) is 26.9 Å². The van der Waals surface area contributed by atoms with Crippen LogP contribution in [0, 0.1) is 13.8 Å². The van der Waals surface area contributed by atoms with Crippen LogP contribution < -0.4 is 5.32 Å². The van der Waals surface area contributed by atoms with Crippen molar-refractivity contribution in [2.75, 3.05) is 5.32 Å². The van der Waals surface area contributed by atoms with E-state index in [1.165, 1.54) is 6.33 Å². The number of aromatic nitrogens is 3. The summed E-state index contributed by atoms with van der Waals surface area (Å²) in [6, 6.07) is 13.1. The van der Waals surface area contributed by atoms with Crippen LogP contribution in [0.1, 0.15) is 34.3 Å². The van der Waals surface area contributed by atoms with Gasteiger partial charge in [0.2, 0.25) is 5.91 Å². The fourth-order valence-corrected chi connectivity index (χ4v) is 2.68. The van der Waals surface area contributed by atoms with Crippen LogP contribution in [0.3, 0.4) is 0 Å². The second kappa shape index (κ2) is 7.74. The highest BCUT2D eigenvalue weighted by molar-refractivity contribution is 6.01. The first-order chi connectivity index (χ1) is 12.5. The molecule has 0 radical (unpaired) electrons. The average molecular weight is 348 g/mol. The van der Waals surface area contributed by atoms with Crippen LogP contribution in [-0.2, 0) is 4.79 Å². The number of anilines is 1. The van der Waals surface area contributed by atoms with Gasteiger partial charge in [-0.25, -0.2) is 4.98 Å². The molecule has 0 atom stereocenters. The topological polar surface area (TPSA) is 87.7 Å². The number of ketones is 1. The van der Waals surface area contributed by atoms with Crippen molar-refractivity contribution in [3.8, 4) is 11.4 Å². The fraction of sp³-hybridized carbons (Fsp3) is 0.200. The second-order valence-corrected chi connectivity index (χ2v) is 6.20. The summed E-state index contributed by atoms with van der Waals surface area (Å²) in [6.07, 6.45) is 1.78. The number of carbonyl (C=O) groups is 2. The van der Waals surface area contributed by atoms with Crippen molar-refractivity contribution >= 4 is 17.4 Å². The van der Waals surface area contributed by atoms with Gasteiger partial charge in [0.15, 0.2) is 11.6 Å². The van der Waals surface area contributed by atoms with Gasteiger partial charge in [0.1, 0.15) is 6.33 Å². The van der Waals surface area contributed by atoms with Crippen molar-refractivity contribution in [1.29, 1.82) is 0 Å². The van der Waals surface area contributed by atoms with Crippen molar-refractivity contribution in [3.05, 3.63) is 65.5 Å². The summed E-state index contributed by atoms with van der Waals surface area (Å²) in [5.41, 5.74) is 4.22. The SMILES string of the molecule is Cc1ccc(C)c(C(=O)CCC(=O)Nc2ccc(-c3ncn[nH]3)cc2)c1. The van der Waals surface area contributed by atoms with Crippen LogP contribution >= 0.6 is 0 Å². The Labute approximate surface area is 151 Å². The minimum atomic E-state index is -0.184. The van der Waals surface area contributed by atoms with Crippen molar-refractivity contribution in [1.82, 2.24) is 15.2 Å². The zero-order valence-electron chi connectivity index (χ0n) is 14.7. The number of amides is 1. The third-order valence-electron chi connectivity index (χ3n) is 4.13. The Kier molecular flexibility index (Phi) is 5.22. The number of aryl methyl sites for hydroxylation is 2. The standard InChI is InChI=1S/C20H20N4O2/c1-13-3-4-14(2)17(11-13)18(25)9-10-19(26)23-16-7-5-15(6-8-16)20-21-12-22-24-20/h3-8,11-12H,9-10H2,1-2H3,(H,23,26)(H,21,22,24). The molecule has 0 saturated heterocycles.